The Morgan fingerprint density at radius 1 is 0.361 bits per heavy atom. The molecule has 0 unspecified atom stereocenters. The van der Waals surface area contributed by atoms with E-state index in [4.69, 9.17) is 28.4 Å². The van der Waals surface area contributed by atoms with E-state index >= 15 is 0 Å². The van der Waals surface area contributed by atoms with Crippen LogP contribution in [-0.4, -0.2) is 68.0 Å². The molecule has 0 N–H and O–H groups in total. The van der Waals surface area contributed by atoms with Crippen molar-refractivity contribution in [1.82, 2.24) is 0 Å². The topological polar surface area (TPSA) is 175 Å². The van der Waals surface area contributed by atoms with Crippen LogP contribution < -0.4 is 9.47 Å². The van der Waals surface area contributed by atoms with Crippen LogP contribution in [0.4, 0.5) is 0 Å². The second kappa shape index (κ2) is 26.8. The first-order valence-electron chi connectivity index (χ1n) is 22.5. The van der Waals surface area contributed by atoms with Gasteiger partial charge in [-0.15, -0.1) is 0 Å². The highest BCUT2D eigenvalue weighted by molar-refractivity contribution is 6.09. The second-order valence-corrected chi connectivity index (χ2v) is 15.4. The summed E-state index contributed by atoms with van der Waals surface area (Å²) in [5, 5.41) is 0. The van der Waals surface area contributed by atoms with Gasteiger partial charge in [-0.1, -0.05) is 73.5 Å². The van der Waals surface area contributed by atoms with E-state index < -0.39 is 41.6 Å². The van der Waals surface area contributed by atoms with Crippen molar-refractivity contribution in [1.29, 1.82) is 0 Å². The zero-order chi connectivity index (χ0) is 51.1. The molecule has 0 heterocycles. The molecular formula is C59H46O13. The fourth-order valence-corrected chi connectivity index (χ4v) is 6.40. The van der Waals surface area contributed by atoms with Gasteiger partial charge in [-0.05, 0) is 157 Å². The second-order valence-electron chi connectivity index (χ2n) is 15.4. The van der Waals surface area contributed by atoms with E-state index in [1.54, 1.807) is 146 Å². The number of ketones is 1. The summed E-state index contributed by atoms with van der Waals surface area (Å²) in [6, 6.07) is 40.1. The highest BCUT2D eigenvalue weighted by Gasteiger charge is 2.13. The molecule has 0 aromatic heterocycles. The molecule has 13 nitrogen and oxygen atoms in total. The number of ether oxygens (including phenoxy) is 6. The van der Waals surface area contributed by atoms with Crippen LogP contribution in [0.3, 0.4) is 0 Å². The van der Waals surface area contributed by atoms with E-state index in [-0.39, 0.29) is 37.9 Å². The van der Waals surface area contributed by atoms with Crippen LogP contribution in [0.2, 0.25) is 0 Å². The van der Waals surface area contributed by atoms with Crippen LogP contribution >= 0.6 is 0 Å². The van der Waals surface area contributed by atoms with Gasteiger partial charge in [0, 0.05) is 23.3 Å². The maximum absolute atomic E-state index is 12.9. The average Bonchev–Trinajstić information content (AvgIpc) is 3.42. The fourth-order valence-electron chi connectivity index (χ4n) is 6.40. The summed E-state index contributed by atoms with van der Waals surface area (Å²) >= 11 is 0. The van der Waals surface area contributed by atoms with Crippen molar-refractivity contribution in [2.45, 2.75) is 25.7 Å². The van der Waals surface area contributed by atoms with Crippen molar-refractivity contribution in [2.24, 2.45) is 0 Å². The zero-order valence-electron chi connectivity index (χ0n) is 38.9. The summed E-state index contributed by atoms with van der Waals surface area (Å²) in [6.07, 6.45) is 4.38. The molecule has 0 aliphatic heterocycles. The van der Waals surface area contributed by atoms with Crippen LogP contribution in [0.5, 0.6) is 11.5 Å². The summed E-state index contributed by atoms with van der Waals surface area (Å²) in [4.78, 5) is 85.2. The van der Waals surface area contributed by atoms with Crippen molar-refractivity contribution in [2.75, 3.05) is 26.4 Å². The minimum atomic E-state index is -0.618. The van der Waals surface area contributed by atoms with Gasteiger partial charge in [0.15, 0.2) is 0 Å². The van der Waals surface area contributed by atoms with Gasteiger partial charge in [0.1, 0.15) is 11.5 Å². The Bertz CT molecular complexity index is 2830. The van der Waals surface area contributed by atoms with Crippen LogP contribution in [0.25, 0.3) is 22.3 Å². The highest BCUT2D eigenvalue weighted by Crippen LogP contribution is 2.24. The summed E-state index contributed by atoms with van der Waals surface area (Å²) in [5.41, 5.74) is 5.73. The summed E-state index contributed by atoms with van der Waals surface area (Å²) in [6.45, 7) is 7.50. The third-order valence-corrected chi connectivity index (χ3v) is 10.3. The van der Waals surface area contributed by atoms with Crippen LogP contribution in [0.1, 0.15) is 78.2 Å². The molecule has 0 aliphatic rings. The largest absolute Gasteiger partial charge is 0.463 e. The predicted molar refractivity (Wildman–Crippen MR) is 267 cm³/mol. The standard InChI is InChI=1S/C59H46O13/c1-3-54(61)67-37-5-7-39-69-56(63)47-23-15-43(16-24-47)45-19-27-49(28-20-45)58(65)71-52-33-11-41(12-34-52)9-31-51(60)32-10-42-13-35-53(36-14-42)72-59(66)50-29-21-46(22-30-50)44-17-25-48(26-18-44)57(64)70-40-8-6-38-68-55(62)4-2/h3-4,11-30,33-36H,1-2,5-8,37-40H2. The quantitative estimate of drug-likeness (QED) is 0.0177. The molecule has 13 heteroatoms. The van der Waals surface area contributed by atoms with Crippen LogP contribution in [0.15, 0.2) is 171 Å². The number of rotatable bonds is 20. The lowest BCUT2D eigenvalue weighted by atomic mass is 10.0. The lowest BCUT2D eigenvalue weighted by molar-refractivity contribution is -0.138. The van der Waals surface area contributed by atoms with Gasteiger partial charge in [-0.2, -0.15) is 0 Å². The molecule has 0 atom stereocenters. The van der Waals surface area contributed by atoms with E-state index in [1.807, 2.05) is 0 Å². The number of benzene rings is 6. The Hall–Kier alpha value is -9.59. The molecule has 0 saturated heterocycles. The highest BCUT2D eigenvalue weighted by atomic mass is 16.6. The fraction of sp³-hybridized carbons (Fsp3) is 0.136. The summed E-state index contributed by atoms with van der Waals surface area (Å²) in [5.74, 6) is 7.37. The number of carbonyl (C=O) groups is 7. The predicted octanol–water partition coefficient (Wildman–Crippen LogP) is 9.76. The Kier molecular flexibility index (Phi) is 19.3. The number of Topliss-reactive ketones (excluding diaryl/α,β-unsaturated/α-hetero) is 1. The van der Waals surface area contributed by atoms with Crippen LogP contribution in [0, 0.1) is 23.7 Å². The first-order valence-corrected chi connectivity index (χ1v) is 22.5. The number of unbranched alkanes of at least 4 members (excludes halogenated alkanes) is 2. The molecule has 0 bridgehead atoms. The molecule has 6 aromatic rings. The van der Waals surface area contributed by atoms with Crippen molar-refractivity contribution < 1.29 is 62.0 Å². The molecule has 6 rings (SSSR count). The zero-order valence-corrected chi connectivity index (χ0v) is 38.9. The Morgan fingerprint density at radius 2 is 0.639 bits per heavy atom. The van der Waals surface area contributed by atoms with Crippen molar-refractivity contribution in [3.8, 4) is 57.4 Å². The normalized spacial score (nSPS) is 10.1. The van der Waals surface area contributed by atoms with Crippen molar-refractivity contribution >= 4 is 41.6 Å². The molecule has 0 spiro atoms. The molecule has 6 aromatic carbocycles. The molecule has 0 fully saturated rings. The van der Waals surface area contributed by atoms with E-state index in [1.165, 1.54) is 0 Å². The van der Waals surface area contributed by atoms with Gasteiger partial charge >= 0.3 is 35.8 Å². The lowest BCUT2D eigenvalue weighted by Gasteiger charge is -2.08. The molecule has 0 saturated carbocycles. The van der Waals surface area contributed by atoms with Gasteiger partial charge < -0.3 is 28.4 Å². The monoisotopic (exact) mass is 962 g/mol. The third-order valence-electron chi connectivity index (χ3n) is 10.3. The smallest absolute Gasteiger partial charge is 0.343 e. The Balaban J connectivity index is 0.903. The molecule has 360 valence electrons. The summed E-state index contributed by atoms with van der Waals surface area (Å²) in [7, 11) is 0. The van der Waals surface area contributed by atoms with E-state index in [2.05, 4.69) is 36.8 Å². The number of hydrogen-bond acceptors (Lipinski definition) is 13. The van der Waals surface area contributed by atoms with E-state index in [9.17, 15) is 33.6 Å². The molecule has 72 heavy (non-hydrogen) atoms. The number of esters is 6. The van der Waals surface area contributed by atoms with E-state index in [0.717, 1.165) is 34.4 Å². The van der Waals surface area contributed by atoms with Gasteiger partial charge in [-0.3, -0.25) is 4.79 Å². The van der Waals surface area contributed by atoms with E-state index in [0.29, 0.717) is 59.1 Å². The van der Waals surface area contributed by atoms with Crippen molar-refractivity contribution in [3.05, 3.63) is 204 Å². The molecule has 0 radical (unpaired) electrons. The average molecular weight is 963 g/mol. The Labute approximate surface area is 416 Å². The minimum absolute atomic E-state index is 0.193. The first-order chi connectivity index (χ1) is 35.0. The van der Waals surface area contributed by atoms with Crippen LogP contribution in [-0.2, 0) is 33.3 Å². The number of carbonyl (C=O) groups excluding carboxylic acids is 7. The van der Waals surface area contributed by atoms with Gasteiger partial charge in [0.25, 0.3) is 5.78 Å². The third kappa shape index (κ3) is 16.3. The molecular weight excluding hydrogens is 917 g/mol. The van der Waals surface area contributed by atoms with Gasteiger partial charge in [0.2, 0.25) is 0 Å². The first kappa shape index (κ1) is 51.8. The maximum atomic E-state index is 12.9. The molecule has 0 aliphatic carbocycles. The van der Waals surface area contributed by atoms with Gasteiger partial charge in [0.05, 0.1) is 48.7 Å². The SMILES string of the molecule is C=CC(=O)OCCCCOC(=O)c1ccc(-c2ccc(C(=O)Oc3ccc(C#CC(=O)C#Cc4ccc(OC(=O)c5ccc(-c6ccc(C(=O)OCCCCOC(=O)C=C)cc6)cc5)cc4)cc3)cc2)cc1. The van der Waals surface area contributed by atoms with Gasteiger partial charge in [-0.25, -0.2) is 28.8 Å². The molecule has 0 amide bonds. The lowest BCUT2D eigenvalue weighted by Crippen LogP contribution is -2.08. The maximum Gasteiger partial charge on any atom is 0.343 e. The number of hydrogen-bond donors (Lipinski definition) is 0. The minimum Gasteiger partial charge on any atom is -0.463 e. The summed E-state index contributed by atoms with van der Waals surface area (Å²) < 4.78 is 31.4. The van der Waals surface area contributed by atoms with Crippen molar-refractivity contribution in [3.63, 3.8) is 0 Å². The Morgan fingerprint density at radius 3 is 0.931 bits per heavy atom.